The van der Waals surface area contributed by atoms with Gasteiger partial charge in [-0.2, -0.15) is 0 Å². The summed E-state index contributed by atoms with van der Waals surface area (Å²) in [7, 11) is -6.49. The first-order valence-electron chi connectivity index (χ1n) is 46.9. The average Bonchev–Trinajstić information content (AvgIpc) is 1.32. The van der Waals surface area contributed by atoms with E-state index in [1.165, 1.54) is 69.8 Å². The third kappa shape index (κ3) is 9.96. The third-order valence-corrected chi connectivity index (χ3v) is 22.2. The Bertz CT molecular complexity index is 7200. The van der Waals surface area contributed by atoms with E-state index in [9.17, 15) is 30.2 Å². The van der Waals surface area contributed by atoms with Crippen LogP contribution < -0.4 is 30.1 Å². The van der Waals surface area contributed by atoms with E-state index >= 15 is 0 Å². The van der Waals surface area contributed by atoms with Gasteiger partial charge in [0.1, 0.15) is 17.3 Å². The van der Waals surface area contributed by atoms with Gasteiger partial charge in [0.2, 0.25) is 0 Å². The summed E-state index contributed by atoms with van der Waals surface area (Å²) in [6, 6.07) is 28.9. The lowest BCUT2D eigenvalue weighted by Gasteiger charge is -2.34. The molecule has 0 bridgehead atoms. The SMILES string of the molecule is [2H]c1c([2H])c([2H])c([Si](c2c([2H])c([2H])c([2H])c([2H])c2[2H])(c2c([2H])c([2H])c([2H])c([2H])c2[2H])c2c([2H])c([2H])c([2H])c(-c3cc4c5c(c3)n(-c3cccc(Oc6ccc7c8ccccc8n(-c8cc(C(C)(C)C)ccn8)c7c6)c3)[c-][n+]5-c3c(cc(-c5c(C([2H])([2H])[2H])cccc5C([2H])([2H])[2H])cc3-c3c(C([2H])([2H])[2H])cccc3C([2H])([2H])[2H])-c3ccccc3-c3ccccc3-4)c2[2H])c([2H])c1[2H]. The Hall–Kier alpha value is -11.7. The summed E-state index contributed by atoms with van der Waals surface area (Å²) in [5.41, 5.74) is -0.206. The summed E-state index contributed by atoms with van der Waals surface area (Å²) in [6.45, 7) is -6.21. The number of rotatable bonds is 11. The van der Waals surface area contributed by atoms with Crippen molar-refractivity contribution < 1.29 is 51.8 Å². The Balaban J connectivity index is 1.07. The molecule has 0 saturated heterocycles. The summed E-state index contributed by atoms with van der Waals surface area (Å²) < 4.78 is 307. The highest BCUT2D eigenvalue weighted by atomic mass is 28.3. The van der Waals surface area contributed by atoms with Crippen LogP contribution in [0.15, 0.2) is 309 Å². The number of hydrogen-bond donors (Lipinski definition) is 0. The molecule has 6 heteroatoms. The van der Waals surface area contributed by atoms with Crippen LogP contribution in [0.3, 0.4) is 0 Å². The zero-order chi connectivity index (χ0) is 92.9. The van der Waals surface area contributed by atoms with Crippen LogP contribution in [0.2, 0.25) is 0 Å². The normalized spacial score (nSPS) is 17.1. The molecular weight excluding hydrogens is 1210 g/mol. The van der Waals surface area contributed by atoms with E-state index in [2.05, 4.69) is 27.1 Å². The number of hydrogen-bond acceptors (Lipinski definition) is 2. The standard InChI is InChI=1S/C92H72N4OSi/c1-60-27-23-28-61(2)88(60)66-53-81-77-43-19-17-41-75(77)76-42-18-20-44-78(76)82-52-65(64-31-25-40-74(51-64)98(71-34-11-8-12-35-71,72-36-13-9-14-37-72)73-38-15-10-16-39-73)55-86-91(82)95(90(81)83(54-66)89-62(3)29-24-30-63(89)4)59-94(86)68-32-26-33-69(57-68)97-70-47-48-80-79-45-21-22-46-84(79)96(85(80)58-70)87-56-67(49-50-93-87)92(5,6)7/h8-58H,1-7H3/i1D3,2D3,3D3,4D3,8D,9D,10D,11D,12D,13D,14D,15D,16D,25D,31D,34D,35D,36D,37D,38D,39D,40D,51D. The summed E-state index contributed by atoms with van der Waals surface area (Å²) in [4.78, 5) is 4.88. The van der Waals surface area contributed by atoms with Gasteiger partial charge in [-0.15, -0.1) is 0 Å². The Labute approximate surface area is 618 Å². The molecule has 98 heavy (non-hydrogen) atoms. The molecule has 470 valence electrons. The molecule has 0 aliphatic carbocycles. The molecule has 0 fully saturated rings. The smallest absolute Gasteiger partial charge is 0.269 e. The zero-order valence-electron chi connectivity index (χ0n) is 83.7. The van der Waals surface area contributed by atoms with Crippen LogP contribution in [0.4, 0.5) is 0 Å². The number of aromatic nitrogens is 4. The molecule has 0 unspecified atom stereocenters. The van der Waals surface area contributed by atoms with Crippen molar-refractivity contribution in [2.75, 3.05) is 0 Å². The molecule has 0 saturated carbocycles. The summed E-state index contributed by atoms with van der Waals surface area (Å²) in [5.74, 6) is 1.12. The highest BCUT2D eigenvalue weighted by Gasteiger charge is 2.42. The lowest BCUT2D eigenvalue weighted by atomic mass is 9.84. The van der Waals surface area contributed by atoms with Crippen LogP contribution in [-0.4, -0.2) is 22.2 Å². The predicted molar refractivity (Wildman–Crippen MR) is 410 cm³/mol. The van der Waals surface area contributed by atoms with Crippen LogP contribution in [-0.2, 0) is 5.41 Å². The Kier molecular flexibility index (Phi) is 8.61. The summed E-state index contributed by atoms with van der Waals surface area (Å²) in [5, 5.41) is -2.52. The van der Waals surface area contributed by atoms with Crippen molar-refractivity contribution in [1.29, 1.82) is 0 Å². The largest absolute Gasteiger partial charge is 0.458 e. The van der Waals surface area contributed by atoms with E-state index in [1.54, 1.807) is 85.1 Å². The van der Waals surface area contributed by atoms with E-state index in [1.807, 2.05) is 53.1 Å². The van der Waals surface area contributed by atoms with Gasteiger partial charge < -0.3 is 4.74 Å². The molecule has 1 aliphatic rings. The first-order valence-corrected chi connectivity index (χ1v) is 33.4. The number of nitrogens with zero attached hydrogens (tertiary/aromatic N) is 4. The fourth-order valence-corrected chi connectivity index (χ4v) is 17.4. The minimum absolute atomic E-state index is 0.0258. The third-order valence-electron chi connectivity index (χ3n) is 18.2. The second-order valence-electron chi connectivity index (χ2n) is 24.9. The van der Waals surface area contributed by atoms with Crippen LogP contribution in [0, 0.1) is 33.7 Å². The lowest BCUT2D eigenvalue weighted by molar-refractivity contribution is -0.570. The number of fused-ring (bicyclic) bond motifs is 10. The molecule has 0 spiro atoms. The van der Waals surface area contributed by atoms with Crippen molar-refractivity contribution in [3.8, 4) is 95.5 Å². The fraction of sp³-hybridized carbons (Fsp3) is 0.0870. The molecule has 17 rings (SSSR count). The minimum atomic E-state index is -6.49. The van der Waals surface area contributed by atoms with E-state index in [0.29, 0.717) is 28.2 Å². The van der Waals surface area contributed by atoms with Gasteiger partial charge in [0.25, 0.3) is 6.33 Å². The monoisotopic (exact) mass is 1310 g/mol. The molecule has 0 N–H and O–H groups in total. The van der Waals surface area contributed by atoms with E-state index < -0.39 is 204 Å². The molecule has 0 atom stereocenters. The topological polar surface area (TPSA) is 35.9 Å². The Morgan fingerprint density at radius 2 is 0.990 bits per heavy atom. The van der Waals surface area contributed by atoms with Crippen LogP contribution in [0.1, 0.15) is 91.1 Å². The van der Waals surface area contributed by atoms with Gasteiger partial charge in [0.15, 0.2) is 8.07 Å². The number of pyridine rings is 1. The van der Waals surface area contributed by atoms with Crippen LogP contribution >= 0.6 is 0 Å². The Morgan fingerprint density at radius 3 is 1.63 bits per heavy atom. The summed E-state index contributed by atoms with van der Waals surface area (Å²) >= 11 is 0. The van der Waals surface area contributed by atoms with Crippen molar-refractivity contribution in [1.82, 2.24) is 14.1 Å². The molecule has 1 aliphatic heterocycles. The van der Waals surface area contributed by atoms with Crippen molar-refractivity contribution in [2.24, 2.45) is 0 Å². The number of ether oxygens (including phenoxy) is 1. The molecule has 16 aromatic rings. The molecule has 4 heterocycles. The van der Waals surface area contributed by atoms with E-state index in [0.717, 1.165) is 21.9 Å². The van der Waals surface area contributed by atoms with Crippen LogP contribution in [0.5, 0.6) is 11.5 Å². The number of benzene rings is 13. The molecule has 0 radical (unpaired) electrons. The second-order valence-corrected chi connectivity index (χ2v) is 28.4. The minimum Gasteiger partial charge on any atom is -0.458 e. The maximum atomic E-state index is 11.2. The zero-order valence-corrected chi connectivity index (χ0v) is 53.7. The molecule has 5 nitrogen and oxygen atoms in total. The van der Waals surface area contributed by atoms with Crippen LogP contribution in [0.25, 0.3) is 117 Å². The molecular formula is C92H72N4OSi. The predicted octanol–water partition coefficient (Wildman–Crippen LogP) is 20.2. The molecule has 13 aromatic carbocycles. The maximum Gasteiger partial charge on any atom is 0.269 e. The average molecular weight is 1310 g/mol. The van der Waals surface area contributed by atoms with Crippen molar-refractivity contribution in [3.63, 3.8) is 0 Å². The van der Waals surface area contributed by atoms with Gasteiger partial charge in [-0.3, -0.25) is 13.7 Å². The number of aryl methyl sites for hydroxylation is 4. The van der Waals surface area contributed by atoms with Crippen molar-refractivity contribution in [2.45, 2.75) is 53.6 Å². The number of imidazole rings is 1. The molecule has 0 amide bonds. The van der Waals surface area contributed by atoms with E-state index in [-0.39, 0.29) is 78.1 Å². The van der Waals surface area contributed by atoms with Gasteiger partial charge in [-0.1, -0.05) is 251 Å². The van der Waals surface area contributed by atoms with Crippen molar-refractivity contribution >= 4 is 61.7 Å². The lowest BCUT2D eigenvalue weighted by Crippen LogP contribution is -2.74. The fourth-order valence-electron chi connectivity index (χ4n) is 13.8. The first-order chi connectivity index (χ1) is 60.6. The van der Waals surface area contributed by atoms with E-state index in [4.69, 9.17) is 22.1 Å². The highest BCUT2D eigenvalue weighted by molar-refractivity contribution is 7.20. The highest BCUT2D eigenvalue weighted by Crippen LogP contribution is 2.49. The van der Waals surface area contributed by atoms with Gasteiger partial charge >= 0.3 is 0 Å². The second kappa shape index (κ2) is 23.9. The van der Waals surface area contributed by atoms with Gasteiger partial charge in [0, 0.05) is 39.5 Å². The summed E-state index contributed by atoms with van der Waals surface area (Å²) in [6.07, 6.45) is 5.33. The quantitative estimate of drug-likeness (QED) is 0.0560. The molecule has 3 aromatic heterocycles. The van der Waals surface area contributed by atoms with Gasteiger partial charge in [-0.05, 0) is 215 Å². The first kappa shape index (κ1) is 35.3. The Morgan fingerprint density at radius 1 is 0.439 bits per heavy atom. The van der Waals surface area contributed by atoms with Crippen molar-refractivity contribution in [3.05, 3.63) is 343 Å². The van der Waals surface area contributed by atoms with Gasteiger partial charge in [0.05, 0.1) is 59.5 Å². The maximum absolute atomic E-state index is 11.2. The number of para-hydroxylation sites is 1. The van der Waals surface area contributed by atoms with Gasteiger partial charge in [-0.25, -0.2) is 4.98 Å².